The van der Waals surface area contributed by atoms with Gasteiger partial charge in [-0.25, -0.2) is 0 Å². The lowest BCUT2D eigenvalue weighted by atomic mass is 10.00. The fourth-order valence-corrected chi connectivity index (χ4v) is 1.26. The first-order valence-corrected chi connectivity index (χ1v) is 4.84. The fourth-order valence-electron chi connectivity index (χ4n) is 1.26. The average Bonchev–Trinajstić information content (AvgIpc) is 2.00. The van der Waals surface area contributed by atoms with E-state index in [0.717, 1.165) is 6.42 Å². The number of aliphatic hydroxyl groups is 1. The smallest absolute Gasteiger partial charge is 0.0637 e. The molecular formula is C10H23NO2. The van der Waals surface area contributed by atoms with Gasteiger partial charge in [0.05, 0.1) is 11.7 Å². The van der Waals surface area contributed by atoms with Crippen molar-refractivity contribution in [3.05, 3.63) is 0 Å². The Balaban J connectivity index is 3.67. The first kappa shape index (κ1) is 12.9. The van der Waals surface area contributed by atoms with Crippen molar-refractivity contribution in [3.63, 3.8) is 0 Å². The summed E-state index contributed by atoms with van der Waals surface area (Å²) in [5, 5.41) is 12.3. The van der Waals surface area contributed by atoms with Crippen molar-refractivity contribution in [2.75, 3.05) is 13.7 Å². The monoisotopic (exact) mass is 189 g/mol. The molecule has 0 saturated carbocycles. The second-order valence-corrected chi connectivity index (χ2v) is 4.33. The van der Waals surface area contributed by atoms with Crippen molar-refractivity contribution < 1.29 is 9.84 Å². The summed E-state index contributed by atoms with van der Waals surface area (Å²) in [5.74, 6) is 0. The van der Waals surface area contributed by atoms with E-state index in [9.17, 15) is 0 Å². The molecule has 0 rings (SSSR count). The Kier molecular flexibility index (Phi) is 5.53. The van der Waals surface area contributed by atoms with Crippen LogP contribution in [0.4, 0.5) is 0 Å². The molecule has 0 amide bonds. The van der Waals surface area contributed by atoms with E-state index in [1.807, 2.05) is 0 Å². The van der Waals surface area contributed by atoms with E-state index in [4.69, 9.17) is 9.84 Å². The first-order valence-electron chi connectivity index (χ1n) is 4.84. The molecule has 0 aliphatic heterocycles. The highest BCUT2D eigenvalue weighted by molar-refractivity contribution is 4.75. The van der Waals surface area contributed by atoms with Gasteiger partial charge in [-0.2, -0.15) is 0 Å². The minimum Gasteiger partial charge on any atom is -0.392 e. The van der Waals surface area contributed by atoms with Gasteiger partial charge >= 0.3 is 0 Å². The second-order valence-electron chi connectivity index (χ2n) is 4.33. The average molecular weight is 189 g/mol. The van der Waals surface area contributed by atoms with Gasteiger partial charge in [0.15, 0.2) is 0 Å². The van der Waals surface area contributed by atoms with Crippen LogP contribution < -0.4 is 5.32 Å². The van der Waals surface area contributed by atoms with Crippen LogP contribution in [0.3, 0.4) is 0 Å². The fraction of sp³-hybridized carbons (Fsp3) is 1.00. The zero-order valence-corrected chi connectivity index (χ0v) is 9.42. The van der Waals surface area contributed by atoms with Crippen molar-refractivity contribution >= 4 is 0 Å². The van der Waals surface area contributed by atoms with Gasteiger partial charge < -0.3 is 15.2 Å². The number of ether oxygens (including phenoxy) is 1. The number of nitrogens with one attached hydrogen (secondary N) is 1. The highest BCUT2D eigenvalue weighted by atomic mass is 16.5. The minimum atomic E-state index is -0.284. The van der Waals surface area contributed by atoms with Gasteiger partial charge in [0.2, 0.25) is 0 Å². The summed E-state index contributed by atoms with van der Waals surface area (Å²) < 4.78 is 5.31. The summed E-state index contributed by atoms with van der Waals surface area (Å²) >= 11 is 0. The Bertz CT molecular complexity index is 135. The van der Waals surface area contributed by atoms with Crippen LogP contribution in [0.15, 0.2) is 0 Å². The molecule has 0 saturated heterocycles. The molecule has 0 aliphatic carbocycles. The van der Waals surface area contributed by atoms with E-state index < -0.39 is 0 Å². The Labute approximate surface area is 81.5 Å². The topological polar surface area (TPSA) is 41.5 Å². The van der Waals surface area contributed by atoms with E-state index in [2.05, 4.69) is 26.1 Å². The van der Waals surface area contributed by atoms with Crippen molar-refractivity contribution in [1.82, 2.24) is 5.32 Å². The Morgan fingerprint density at radius 2 is 1.92 bits per heavy atom. The summed E-state index contributed by atoms with van der Waals surface area (Å²) in [6.07, 6.45) is 0.657. The van der Waals surface area contributed by atoms with E-state index >= 15 is 0 Å². The molecule has 2 atom stereocenters. The molecule has 0 aromatic carbocycles. The van der Waals surface area contributed by atoms with Crippen molar-refractivity contribution in [3.8, 4) is 0 Å². The number of aliphatic hydroxyl groups excluding tert-OH is 1. The van der Waals surface area contributed by atoms with Gasteiger partial charge in [0.1, 0.15) is 0 Å². The molecule has 80 valence electrons. The molecule has 0 heterocycles. The zero-order valence-electron chi connectivity index (χ0n) is 9.42. The van der Waals surface area contributed by atoms with Crippen molar-refractivity contribution in [1.29, 1.82) is 0 Å². The summed E-state index contributed by atoms with van der Waals surface area (Å²) in [4.78, 5) is 0. The predicted molar refractivity (Wildman–Crippen MR) is 54.9 cm³/mol. The third-order valence-electron chi connectivity index (χ3n) is 2.11. The molecule has 0 aromatic heterocycles. The molecular weight excluding hydrogens is 166 g/mol. The van der Waals surface area contributed by atoms with Crippen LogP contribution in [0.2, 0.25) is 0 Å². The number of hydrogen-bond donors (Lipinski definition) is 2. The number of methoxy groups -OCH3 is 1. The molecule has 0 radical (unpaired) electrons. The van der Waals surface area contributed by atoms with Gasteiger partial charge in [-0.3, -0.25) is 0 Å². The van der Waals surface area contributed by atoms with Crippen LogP contribution in [-0.4, -0.2) is 36.5 Å². The molecule has 13 heavy (non-hydrogen) atoms. The Morgan fingerprint density at radius 1 is 1.38 bits per heavy atom. The molecule has 0 fully saturated rings. The lowest BCUT2D eigenvalue weighted by molar-refractivity contribution is 0.00772. The van der Waals surface area contributed by atoms with E-state index in [1.165, 1.54) is 0 Å². The van der Waals surface area contributed by atoms with Gasteiger partial charge in [-0.15, -0.1) is 0 Å². The third-order valence-corrected chi connectivity index (χ3v) is 2.11. The molecule has 3 nitrogen and oxygen atoms in total. The van der Waals surface area contributed by atoms with Crippen molar-refractivity contribution in [2.24, 2.45) is 0 Å². The maximum absolute atomic E-state index is 9.06. The Hall–Kier alpha value is -0.120. The van der Waals surface area contributed by atoms with Crippen molar-refractivity contribution in [2.45, 2.75) is 51.9 Å². The maximum atomic E-state index is 9.06. The summed E-state index contributed by atoms with van der Waals surface area (Å²) in [6, 6.07) is 0.365. The third kappa shape index (κ3) is 6.99. The van der Waals surface area contributed by atoms with Gasteiger partial charge in [0.25, 0.3) is 0 Å². The Morgan fingerprint density at radius 3 is 2.31 bits per heavy atom. The highest BCUT2D eigenvalue weighted by Crippen LogP contribution is 2.15. The SMILES string of the molecule is COC(C)(C)C[C@H](C)NC[C@@H](C)O. The maximum Gasteiger partial charge on any atom is 0.0637 e. The molecule has 3 heteroatoms. The summed E-state index contributed by atoms with van der Waals surface area (Å²) in [6.45, 7) is 8.65. The van der Waals surface area contributed by atoms with Crippen LogP contribution in [-0.2, 0) is 4.74 Å². The molecule has 0 bridgehead atoms. The highest BCUT2D eigenvalue weighted by Gasteiger charge is 2.19. The largest absolute Gasteiger partial charge is 0.392 e. The number of hydrogen-bond acceptors (Lipinski definition) is 3. The molecule has 0 spiro atoms. The van der Waals surface area contributed by atoms with E-state index in [1.54, 1.807) is 14.0 Å². The van der Waals surface area contributed by atoms with Crippen LogP contribution in [0, 0.1) is 0 Å². The standard InChI is InChI=1S/C10H23NO2/c1-8(11-7-9(2)12)6-10(3,4)13-5/h8-9,11-12H,6-7H2,1-5H3/t8-,9+/m0/s1. The van der Waals surface area contributed by atoms with Gasteiger partial charge in [-0.1, -0.05) is 0 Å². The predicted octanol–water partition coefficient (Wildman–Crippen LogP) is 1.16. The summed E-state index contributed by atoms with van der Waals surface area (Å²) in [7, 11) is 1.72. The lowest BCUT2D eigenvalue weighted by Gasteiger charge is -2.27. The quantitative estimate of drug-likeness (QED) is 0.659. The van der Waals surface area contributed by atoms with E-state index in [0.29, 0.717) is 12.6 Å². The molecule has 0 aromatic rings. The minimum absolute atomic E-state index is 0.0922. The van der Waals surface area contributed by atoms with Crippen LogP contribution in [0.5, 0.6) is 0 Å². The van der Waals surface area contributed by atoms with Gasteiger partial charge in [0, 0.05) is 19.7 Å². The zero-order chi connectivity index (χ0) is 10.5. The van der Waals surface area contributed by atoms with Crippen LogP contribution in [0.25, 0.3) is 0 Å². The molecule has 0 unspecified atom stereocenters. The lowest BCUT2D eigenvalue weighted by Crippen LogP contribution is -2.38. The normalized spacial score (nSPS) is 17.1. The molecule has 0 aliphatic rings. The van der Waals surface area contributed by atoms with E-state index in [-0.39, 0.29) is 11.7 Å². The van der Waals surface area contributed by atoms with Crippen LogP contribution in [0.1, 0.15) is 34.1 Å². The van der Waals surface area contributed by atoms with Gasteiger partial charge in [-0.05, 0) is 34.1 Å². The molecule has 2 N–H and O–H groups in total. The first-order chi connectivity index (χ1) is 5.87. The second kappa shape index (κ2) is 5.58. The number of rotatable bonds is 6. The van der Waals surface area contributed by atoms with Crippen LogP contribution >= 0.6 is 0 Å². The summed E-state index contributed by atoms with van der Waals surface area (Å²) in [5.41, 5.74) is -0.0922.